The van der Waals surface area contributed by atoms with Crippen LogP contribution in [0.3, 0.4) is 0 Å². The van der Waals surface area contributed by atoms with Crippen molar-refractivity contribution in [3.8, 4) is 0 Å². The maximum absolute atomic E-state index is 12.4. The number of nitrogens with one attached hydrogen (secondary N) is 1. The molecule has 0 spiro atoms. The molecule has 7 heteroatoms. The zero-order chi connectivity index (χ0) is 19.8. The highest BCUT2D eigenvalue weighted by atomic mass is 35.5. The summed E-state index contributed by atoms with van der Waals surface area (Å²) in [5, 5.41) is 3.50. The largest absolute Gasteiger partial charge is 0.353 e. The van der Waals surface area contributed by atoms with Gasteiger partial charge in [0.25, 0.3) is 0 Å². The molecule has 0 unspecified atom stereocenters. The molecule has 148 valence electrons. The molecule has 1 fully saturated rings. The van der Waals surface area contributed by atoms with E-state index in [9.17, 15) is 9.59 Å². The van der Waals surface area contributed by atoms with Crippen LogP contribution >= 0.6 is 11.6 Å². The lowest BCUT2D eigenvalue weighted by atomic mass is 10.2. The van der Waals surface area contributed by atoms with Crippen molar-refractivity contribution in [2.45, 2.75) is 25.8 Å². The standard InChI is InChI=1S/C21H25ClN4O2/c22-18-7-2-1-6-17(18)16-24-20(27)9-5-10-21(28)26-14-12-25(13-15-26)19-8-3-4-11-23-19/h1-4,6-8,11H,5,9-10,12-16H2,(H,24,27). The lowest BCUT2D eigenvalue weighted by Gasteiger charge is -2.35. The predicted octanol–water partition coefficient (Wildman–Crippen LogP) is 2.87. The number of pyridine rings is 1. The van der Waals surface area contributed by atoms with E-state index in [0.717, 1.165) is 24.5 Å². The van der Waals surface area contributed by atoms with Crippen LogP contribution in [0.2, 0.25) is 5.02 Å². The minimum Gasteiger partial charge on any atom is -0.353 e. The molecule has 2 aromatic rings. The van der Waals surface area contributed by atoms with E-state index in [1.165, 1.54) is 0 Å². The molecule has 0 aliphatic carbocycles. The van der Waals surface area contributed by atoms with Gasteiger partial charge in [-0.25, -0.2) is 4.98 Å². The number of amides is 2. The molecule has 0 saturated carbocycles. The van der Waals surface area contributed by atoms with Crippen molar-refractivity contribution >= 4 is 29.2 Å². The predicted molar refractivity (Wildman–Crippen MR) is 110 cm³/mol. The van der Waals surface area contributed by atoms with E-state index < -0.39 is 0 Å². The summed E-state index contributed by atoms with van der Waals surface area (Å²) in [6.07, 6.45) is 3.06. The molecule has 3 rings (SSSR count). The summed E-state index contributed by atoms with van der Waals surface area (Å²) in [5.41, 5.74) is 0.888. The molecule has 1 aliphatic rings. The maximum Gasteiger partial charge on any atom is 0.222 e. The van der Waals surface area contributed by atoms with Crippen molar-refractivity contribution in [1.82, 2.24) is 15.2 Å². The molecular weight excluding hydrogens is 376 g/mol. The highest BCUT2D eigenvalue weighted by molar-refractivity contribution is 6.31. The summed E-state index contributed by atoms with van der Waals surface area (Å²) in [7, 11) is 0. The molecule has 1 aromatic heterocycles. The molecule has 2 amide bonds. The van der Waals surface area contributed by atoms with Gasteiger partial charge in [0.2, 0.25) is 11.8 Å². The molecule has 1 N–H and O–H groups in total. The van der Waals surface area contributed by atoms with Crippen LogP contribution < -0.4 is 10.2 Å². The van der Waals surface area contributed by atoms with Crippen LogP contribution in [-0.2, 0) is 16.1 Å². The smallest absolute Gasteiger partial charge is 0.222 e. The summed E-state index contributed by atoms with van der Waals surface area (Å²) in [6, 6.07) is 13.3. The molecule has 6 nitrogen and oxygen atoms in total. The van der Waals surface area contributed by atoms with Crippen LogP contribution in [0.5, 0.6) is 0 Å². The fourth-order valence-corrected chi connectivity index (χ4v) is 3.41. The van der Waals surface area contributed by atoms with E-state index in [2.05, 4.69) is 15.2 Å². The molecule has 1 aliphatic heterocycles. The fourth-order valence-electron chi connectivity index (χ4n) is 3.21. The Balaban J connectivity index is 1.33. The van der Waals surface area contributed by atoms with E-state index in [-0.39, 0.29) is 11.8 Å². The first-order chi connectivity index (χ1) is 13.6. The van der Waals surface area contributed by atoms with E-state index in [1.807, 2.05) is 41.3 Å². The molecule has 28 heavy (non-hydrogen) atoms. The number of rotatable bonds is 7. The molecular formula is C21H25ClN4O2. The van der Waals surface area contributed by atoms with Crippen LogP contribution in [0.1, 0.15) is 24.8 Å². The van der Waals surface area contributed by atoms with E-state index in [1.54, 1.807) is 12.3 Å². The van der Waals surface area contributed by atoms with Gasteiger partial charge in [0.15, 0.2) is 0 Å². The lowest BCUT2D eigenvalue weighted by Crippen LogP contribution is -2.49. The van der Waals surface area contributed by atoms with Gasteiger partial charge in [-0.15, -0.1) is 0 Å². The van der Waals surface area contributed by atoms with Crippen LogP contribution in [0.25, 0.3) is 0 Å². The normalized spacial score (nSPS) is 14.0. The van der Waals surface area contributed by atoms with Gasteiger partial charge in [-0.05, 0) is 30.2 Å². The molecule has 2 heterocycles. The number of hydrogen-bond acceptors (Lipinski definition) is 4. The van der Waals surface area contributed by atoms with Crippen LogP contribution in [0.15, 0.2) is 48.7 Å². The zero-order valence-electron chi connectivity index (χ0n) is 15.8. The molecule has 0 bridgehead atoms. The number of hydrogen-bond donors (Lipinski definition) is 1. The Bertz CT molecular complexity index is 792. The Kier molecular flexibility index (Phi) is 7.25. The second-order valence-electron chi connectivity index (χ2n) is 6.78. The second kappa shape index (κ2) is 10.1. The Morgan fingerprint density at radius 3 is 2.46 bits per heavy atom. The number of halogens is 1. The first-order valence-electron chi connectivity index (χ1n) is 9.57. The van der Waals surface area contributed by atoms with Crippen molar-refractivity contribution in [2.75, 3.05) is 31.1 Å². The van der Waals surface area contributed by atoms with Gasteiger partial charge in [0.1, 0.15) is 5.82 Å². The maximum atomic E-state index is 12.4. The summed E-state index contributed by atoms with van der Waals surface area (Å²) in [5.74, 6) is 0.997. The molecule has 0 radical (unpaired) electrons. The Morgan fingerprint density at radius 2 is 1.75 bits per heavy atom. The monoisotopic (exact) mass is 400 g/mol. The number of carbonyl (C=O) groups is 2. The van der Waals surface area contributed by atoms with Gasteiger partial charge in [0.05, 0.1) is 0 Å². The van der Waals surface area contributed by atoms with Gasteiger partial charge in [-0.1, -0.05) is 35.9 Å². The van der Waals surface area contributed by atoms with E-state index in [4.69, 9.17) is 11.6 Å². The van der Waals surface area contributed by atoms with E-state index >= 15 is 0 Å². The highest BCUT2D eigenvalue weighted by Crippen LogP contribution is 2.15. The summed E-state index contributed by atoms with van der Waals surface area (Å²) >= 11 is 6.08. The lowest BCUT2D eigenvalue weighted by molar-refractivity contribution is -0.131. The van der Waals surface area contributed by atoms with E-state index in [0.29, 0.717) is 43.9 Å². The number of anilines is 1. The Morgan fingerprint density at radius 1 is 1.00 bits per heavy atom. The van der Waals surface area contributed by atoms with Gasteiger partial charge in [-0.2, -0.15) is 0 Å². The van der Waals surface area contributed by atoms with Crippen molar-refractivity contribution < 1.29 is 9.59 Å². The van der Waals surface area contributed by atoms with Crippen molar-refractivity contribution in [3.05, 3.63) is 59.2 Å². The SMILES string of the molecule is O=C(CCCC(=O)N1CCN(c2ccccn2)CC1)NCc1ccccc1Cl. The minimum absolute atomic E-state index is 0.0623. The summed E-state index contributed by atoms with van der Waals surface area (Å²) in [6.45, 7) is 3.34. The summed E-state index contributed by atoms with van der Waals surface area (Å²) < 4.78 is 0. The van der Waals surface area contributed by atoms with Crippen LogP contribution in [-0.4, -0.2) is 47.9 Å². The van der Waals surface area contributed by atoms with Gasteiger partial charge in [-0.3, -0.25) is 9.59 Å². The Hall–Kier alpha value is -2.60. The average Bonchev–Trinajstić information content (AvgIpc) is 2.74. The zero-order valence-corrected chi connectivity index (χ0v) is 16.6. The Labute approximate surface area is 170 Å². The first kappa shape index (κ1) is 20.1. The second-order valence-corrected chi connectivity index (χ2v) is 7.18. The highest BCUT2D eigenvalue weighted by Gasteiger charge is 2.21. The third-order valence-corrected chi connectivity index (χ3v) is 5.20. The van der Waals surface area contributed by atoms with Gasteiger partial charge < -0.3 is 15.1 Å². The van der Waals surface area contributed by atoms with Crippen LogP contribution in [0.4, 0.5) is 5.82 Å². The molecule has 1 aromatic carbocycles. The summed E-state index contributed by atoms with van der Waals surface area (Å²) in [4.78, 5) is 32.8. The minimum atomic E-state index is -0.0623. The van der Waals surface area contributed by atoms with Gasteiger partial charge in [0, 0.05) is 56.8 Å². The topological polar surface area (TPSA) is 65.5 Å². The molecule has 0 atom stereocenters. The fraction of sp³-hybridized carbons (Fsp3) is 0.381. The quantitative estimate of drug-likeness (QED) is 0.776. The van der Waals surface area contributed by atoms with Gasteiger partial charge >= 0.3 is 0 Å². The number of nitrogens with zero attached hydrogens (tertiary/aromatic N) is 3. The number of piperazine rings is 1. The van der Waals surface area contributed by atoms with Crippen LogP contribution in [0, 0.1) is 0 Å². The number of benzene rings is 1. The first-order valence-corrected chi connectivity index (χ1v) is 9.95. The van der Waals surface area contributed by atoms with Crippen molar-refractivity contribution in [2.24, 2.45) is 0 Å². The van der Waals surface area contributed by atoms with Crippen molar-refractivity contribution in [1.29, 1.82) is 0 Å². The average molecular weight is 401 g/mol. The third-order valence-electron chi connectivity index (χ3n) is 4.83. The molecule has 1 saturated heterocycles. The number of carbonyl (C=O) groups excluding carboxylic acids is 2. The number of aromatic nitrogens is 1. The van der Waals surface area contributed by atoms with Crippen molar-refractivity contribution in [3.63, 3.8) is 0 Å². The third kappa shape index (κ3) is 5.70.